The molecule has 0 radical (unpaired) electrons. The normalized spacial score (nSPS) is 12.4. The van der Waals surface area contributed by atoms with Gasteiger partial charge in [-0.05, 0) is 31.0 Å². The topological polar surface area (TPSA) is 37.8 Å². The Morgan fingerprint density at radius 1 is 1.35 bits per heavy atom. The second-order valence-corrected chi connectivity index (χ2v) is 4.67. The van der Waals surface area contributed by atoms with E-state index in [4.69, 9.17) is 11.6 Å². The SMILES string of the molecule is CC(Cc1ccc(F)cc1)Nc1nsnc1Cl. The molecule has 0 bridgehead atoms. The summed E-state index contributed by atoms with van der Waals surface area (Å²) >= 11 is 6.90. The van der Waals surface area contributed by atoms with E-state index in [1.54, 1.807) is 12.1 Å². The smallest absolute Gasteiger partial charge is 0.186 e. The van der Waals surface area contributed by atoms with Crippen molar-refractivity contribution in [2.24, 2.45) is 0 Å². The molecule has 1 aromatic carbocycles. The van der Waals surface area contributed by atoms with Crippen molar-refractivity contribution in [3.8, 4) is 0 Å². The van der Waals surface area contributed by atoms with Gasteiger partial charge >= 0.3 is 0 Å². The van der Waals surface area contributed by atoms with E-state index in [0.717, 1.165) is 23.7 Å². The molecule has 17 heavy (non-hydrogen) atoms. The largest absolute Gasteiger partial charge is 0.364 e. The molecule has 0 saturated carbocycles. The van der Waals surface area contributed by atoms with Gasteiger partial charge in [0.1, 0.15) is 5.82 Å². The lowest BCUT2D eigenvalue weighted by molar-refractivity contribution is 0.626. The molecule has 0 fully saturated rings. The van der Waals surface area contributed by atoms with Crippen molar-refractivity contribution >= 4 is 29.1 Å². The summed E-state index contributed by atoms with van der Waals surface area (Å²) in [7, 11) is 0. The molecule has 2 aromatic rings. The van der Waals surface area contributed by atoms with Gasteiger partial charge < -0.3 is 5.32 Å². The molecule has 1 unspecified atom stereocenters. The molecule has 6 heteroatoms. The Balaban J connectivity index is 1.95. The average Bonchev–Trinajstić information content (AvgIpc) is 2.68. The van der Waals surface area contributed by atoms with Gasteiger partial charge in [0, 0.05) is 6.04 Å². The Labute approximate surface area is 108 Å². The fraction of sp³-hybridized carbons (Fsp3) is 0.273. The number of hydrogen-bond donors (Lipinski definition) is 1. The number of halogens is 2. The van der Waals surface area contributed by atoms with Gasteiger partial charge in [-0.15, -0.1) is 0 Å². The first-order valence-corrected chi connectivity index (χ1v) is 6.25. The zero-order valence-corrected chi connectivity index (χ0v) is 10.7. The number of anilines is 1. The third kappa shape index (κ3) is 3.38. The van der Waals surface area contributed by atoms with Crippen LogP contribution in [-0.4, -0.2) is 14.8 Å². The third-order valence-corrected chi connectivity index (χ3v) is 3.18. The Morgan fingerprint density at radius 3 is 2.65 bits per heavy atom. The molecule has 0 spiro atoms. The molecule has 0 saturated heterocycles. The molecule has 90 valence electrons. The molecule has 1 heterocycles. The van der Waals surface area contributed by atoms with Crippen LogP contribution < -0.4 is 5.32 Å². The van der Waals surface area contributed by atoms with Crippen LogP contribution in [0.3, 0.4) is 0 Å². The predicted octanol–water partition coefficient (Wildman–Crippen LogP) is 3.37. The highest BCUT2D eigenvalue weighted by atomic mass is 35.5. The van der Waals surface area contributed by atoms with E-state index >= 15 is 0 Å². The van der Waals surface area contributed by atoms with E-state index in [2.05, 4.69) is 14.1 Å². The van der Waals surface area contributed by atoms with Gasteiger partial charge in [0.25, 0.3) is 0 Å². The number of aromatic nitrogens is 2. The zero-order valence-electron chi connectivity index (χ0n) is 9.15. The van der Waals surface area contributed by atoms with Crippen LogP contribution in [0.4, 0.5) is 10.2 Å². The molecular formula is C11H11ClFN3S. The average molecular weight is 272 g/mol. The van der Waals surface area contributed by atoms with E-state index in [-0.39, 0.29) is 11.9 Å². The van der Waals surface area contributed by atoms with Crippen LogP contribution in [0.25, 0.3) is 0 Å². The van der Waals surface area contributed by atoms with Crippen LogP contribution in [-0.2, 0) is 6.42 Å². The molecule has 0 aliphatic heterocycles. The van der Waals surface area contributed by atoms with Gasteiger partial charge in [-0.25, -0.2) is 4.39 Å². The monoisotopic (exact) mass is 271 g/mol. The first kappa shape index (κ1) is 12.3. The maximum atomic E-state index is 12.7. The minimum absolute atomic E-state index is 0.155. The molecule has 2 rings (SSSR count). The summed E-state index contributed by atoms with van der Waals surface area (Å²) in [4.78, 5) is 0. The van der Waals surface area contributed by atoms with Crippen LogP contribution >= 0.6 is 23.3 Å². The first-order chi connectivity index (χ1) is 8.15. The van der Waals surface area contributed by atoms with E-state index in [1.165, 1.54) is 12.1 Å². The van der Waals surface area contributed by atoms with Crippen LogP contribution in [0.1, 0.15) is 12.5 Å². The van der Waals surface area contributed by atoms with Crippen molar-refractivity contribution in [3.63, 3.8) is 0 Å². The summed E-state index contributed by atoms with van der Waals surface area (Å²) in [5, 5.41) is 3.55. The van der Waals surface area contributed by atoms with E-state index < -0.39 is 0 Å². The lowest BCUT2D eigenvalue weighted by Gasteiger charge is -2.13. The van der Waals surface area contributed by atoms with Gasteiger partial charge in [-0.1, -0.05) is 23.7 Å². The van der Waals surface area contributed by atoms with E-state index in [1.807, 2.05) is 6.92 Å². The summed E-state index contributed by atoms with van der Waals surface area (Å²) in [6.07, 6.45) is 0.772. The second kappa shape index (κ2) is 5.42. The minimum atomic E-state index is -0.221. The number of benzene rings is 1. The van der Waals surface area contributed by atoms with Crippen molar-refractivity contribution in [1.82, 2.24) is 8.75 Å². The fourth-order valence-corrected chi connectivity index (χ4v) is 2.18. The highest BCUT2D eigenvalue weighted by molar-refractivity contribution is 6.99. The summed E-state index contributed by atoms with van der Waals surface area (Å²) in [5.41, 5.74) is 1.06. The predicted molar refractivity (Wildman–Crippen MR) is 68.1 cm³/mol. The van der Waals surface area contributed by atoms with Crippen LogP contribution in [0.2, 0.25) is 5.15 Å². The quantitative estimate of drug-likeness (QED) is 0.926. The highest BCUT2D eigenvalue weighted by Gasteiger charge is 2.09. The van der Waals surface area contributed by atoms with Crippen molar-refractivity contribution in [2.45, 2.75) is 19.4 Å². The van der Waals surface area contributed by atoms with Crippen molar-refractivity contribution in [1.29, 1.82) is 0 Å². The molecule has 1 aromatic heterocycles. The summed E-state index contributed by atoms with van der Waals surface area (Å²) in [6.45, 7) is 2.01. The summed E-state index contributed by atoms with van der Waals surface area (Å²) in [5.74, 6) is 0.382. The van der Waals surface area contributed by atoms with Crippen LogP contribution in [0.15, 0.2) is 24.3 Å². The van der Waals surface area contributed by atoms with Gasteiger partial charge in [0.2, 0.25) is 0 Å². The minimum Gasteiger partial charge on any atom is -0.364 e. The van der Waals surface area contributed by atoms with E-state index in [9.17, 15) is 4.39 Å². The lowest BCUT2D eigenvalue weighted by Crippen LogP contribution is -2.18. The molecule has 1 atom stereocenters. The number of rotatable bonds is 4. The van der Waals surface area contributed by atoms with Gasteiger partial charge in [-0.2, -0.15) is 8.75 Å². The molecule has 0 aliphatic carbocycles. The van der Waals surface area contributed by atoms with Crippen LogP contribution in [0, 0.1) is 5.82 Å². The maximum absolute atomic E-state index is 12.7. The molecule has 1 N–H and O–H groups in total. The lowest BCUT2D eigenvalue weighted by atomic mass is 10.1. The van der Waals surface area contributed by atoms with Crippen molar-refractivity contribution in [2.75, 3.05) is 5.32 Å². The summed E-state index contributed by atoms with van der Waals surface area (Å²) in [6, 6.07) is 6.61. The van der Waals surface area contributed by atoms with Crippen LogP contribution in [0.5, 0.6) is 0 Å². The third-order valence-electron chi connectivity index (χ3n) is 2.29. The number of nitrogens with one attached hydrogen (secondary N) is 1. The van der Waals surface area contributed by atoms with Gasteiger partial charge in [-0.3, -0.25) is 0 Å². The molecule has 3 nitrogen and oxygen atoms in total. The molecular weight excluding hydrogens is 261 g/mol. The zero-order chi connectivity index (χ0) is 12.3. The Bertz CT molecular complexity index is 486. The molecule has 0 aliphatic rings. The number of hydrogen-bond acceptors (Lipinski definition) is 4. The highest BCUT2D eigenvalue weighted by Crippen LogP contribution is 2.19. The first-order valence-electron chi connectivity index (χ1n) is 5.14. The fourth-order valence-electron chi connectivity index (χ4n) is 1.52. The van der Waals surface area contributed by atoms with Gasteiger partial charge in [0.05, 0.1) is 11.7 Å². The summed E-state index contributed by atoms with van der Waals surface area (Å²) < 4.78 is 20.6. The van der Waals surface area contributed by atoms with Gasteiger partial charge in [0.15, 0.2) is 11.0 Å². The Kier molecular flexibility index (Phi) is 3.91. The van der Waals surface area contributed by atoms with Crippen molar-refractivity contribution < 1.29 is 4.39 Å². The second-order valence-electron chi connectivity index (χ2n) is 3.78. The van der Waals surface area contributed by atoms with Crippen molar-refractivity contribution in [3.05, 3.63) is 40.8 Å². The van der Waals surface area contributed by atoms with E-state index in [0.29, 0.717) is 11.0 Å². The standard InChI is InChI=1S/C11H11ClFN3S/c1-7(14-11-10(12)15-17-16-11)6-8-2-4-9(13)5-3-8/h2-5,7H,6H2,1H3,(H,14,16). The number of nitrogens with zero attached hydrogens (tertiary/aromatic N) is 2. The maximum Gasteiger partial charge on any atom is 0.186 e. The molecule has 0 amide bonds. The Hall–Kier alpha value is -1.20. The Morgan fingerprint density at radius 2 is 2.06 bits per heavy atom.